The summed E-state index contributed by atoms with van der Waals surface area (Å²) in [6.45, 7) is 5.03. The van der Waals surface area contributed by atoms with Gasteiger partial charge in [0.1, 0.15) is 0 Å². The van der Waals surface area contributed by atoms with Crippen LogP contribution in [0.4, 0.5) is 11.4 Å². The molecule has 24 heavy (non-hydrogen) atoms. The van der Waals surface area contributed by atoms with Crippen molar-refractivity contribution in [1.82, 2.24) is 4.90 Å². The van der Waals surface area contributed by atoms with Gasteiger partial charge < -0.3 is 15.4 Å². The Hall–Kier alpha value is -2.64. The molecule has 2 atom stereocenters. The quantitative estimate of drug-likeness (QED) is 0.388. The molecule has 1 aliphatic rings. The number of carbonyl (C=O) groups is 2. The maximum atomic E-state index is 12.2. The topological polar surface area (TPSA) is 116 Å². The van der Waals surface area contributed by atoms with E-state index in [-0.39, 0.29) is 22.8 Å². The number of nitrogens with zero attached hydrogens (tertiary/aromatic N) is 2. The molecule has 0 saturated carbocycles. The molecular weight excluding hydrogens is 314 g/mol. The van der Waals surface area contributed by atoms with Crippen LogP contribution in [0.25, 0.3) is 0 Å². The number of ether oxygens (including phenoxy) is 1. The molecule has 8 heteroatoms. The Morgan fingerprint density at radius 3 is 2.54 bits per heavy atom. The van der Waals surface area contributed by atoms with E-state index in [0.29, 0.717) is 24.9 Å². The zero-order valence-corrected chi connectivity index (χ0v) is 13.7. The maximum Gasteiger partial charge on any atom is 0.341 e. The van der Waals surface area contributed by atoms with E-state index in [1.54, 1.807) is 4.90 Å². The predicted octanol–water partition coefficient (Wildman–Crippen LogP) is 1.84. The van der Waals surface area contributed by atoms with Gasteiger partial charge in [-0.25, -0.2) is 4.79 Å². The van der Waals surface area contributed by atoms with Crippen LogP contribution in [0.2, 0.25) is 0 Å². The normalized spacial score (nSPS) is 20.5. The van der Waals surface area contributed by atoms with Gasteiger partial charge in [-0.15, -0.1) is 0 Å². The number of amides is 1. The molecule has 0 spiro atoms. The molecule has 0 aliphatic carbocycles. The van der Waals surface area contributed by atoms with Crippen molar-refractivity contribution in [3.63, 3.8) is 0 Å². The lowest BCUT2D eigenvalue weighted by Gasteiger charge is -2.34. The Bertz CT molecular complexity index is 651. The molecule has 8 nitrogen and oxygen atoms in total. The van der Waals surface area contributed by atoms with E-state index in [9.17, 15) is 19.7 Å². The van der Waals surface area contributed by atoms with Crippen molar-refractivity contribution in [3.05, 3.63) is 33.9 Å². The summed E-state index contributed by atoms with van der Waals surface area (Å²) in [7, 11) is 0. The third-order valence-corrected chi connectivity index (χ3v) is 4.02. The number of non-ortho nitro benzene ring substituents is 1. The Morgan fingerprint density at radius 2 is 1.96 bits per heavy atom. The summed E-state index contributed by atoms with van der Waals surface area (Å²) in [6.07, 6.45) is 1.06. The number of benzene rings is 1. The van der Waals surface area contributed by atoms with Crippen molar-refractivity contribution in [1.29, 1.82) is 0 Å². The monoisotopic (exact) mass is 335 g/mol. The van der Waals surface area contributed by atoms with Gasteiger partial charge in [0.25, 0.3) is 11.6 Å². The van der Waals surface area contributed by atoms with E-state index in [1.807, 2.05) is 0 Å². The van der Waals surface area contributed by atoms with Crippen LogP contribution in [0.5, 0.6) is 0 Å². The van der Waals surface area contributed by atoms with Gasteiger partial charge in [0.2, 0.25) is 0 Å². The number of esters is 1. The summed E-state index contributed by atoms with van der Waals surface area (Å²) >= 11 is 0. The van der Waals surface area contributed by atoms with Gasteiger partial charge in [0.05, 0.1) is 10.5 Å². The fraction of sp³-hybridized carbons (Fsp3) is 0.500. The molecule has 1 aliphatic heterocycles. The zero-order valence-electron chi connectivity index (χ0n) is 13.7. The van der Waals surface area contributed by atoms with E-state index in [0.717, 1.165) is 12.5 Å². The maximum absolute atomic E-state index is 12.2. The van der Waals surface area contributed by atoms with Crippen LogP contribution in [0, 0.1) is 22.0 Å². The number of hydrogen-bond acceptors (Lipinski definition) is 6. The van der Waals surface area contributed by atoms with Crippen molar-refractivity contribution in [3.8, 4) is 0 Å². The minimum absolute atomic E-state index is 0.0678. The lowest BCUT2D eigenvalue weighted by atomic mass is 9.92. The summed E-state index contributed by atoms with van der Waals surface area (Å²) in [5.41, 5.74) is 5.35. The molecule has 0 unspecified atom stereocenters. The van der Waals surface area contributed by atoms with E-state index in [1.165, 1.54) is 12.1 Å². The SMILES string of the molecule is C[C@@H]1C[C@@H](C)CN(C(=O)COC(=O)c2cc([N+](=O)[O-])ccc2N)C1. The number of rotatable bonds is 4. The highest BCUT2D eigenvalue weighted by Crippen LogP contribution is 2.22. The van der Waals surface area contributed by atoms with Gasteiger partial charge in [-0.2, -0.15) is 0 Å². The Labute approximate surface area is 139 Å². The second-order valence-corrected chi connectivity index (χ2v) is 6.35. The highest BCUT2D eigenvalue weighted by Gasteiger charge is 2.26. The average Bonchev–Trinajstić information content (AvgIpc) is 2.51. The first-order valence-corrected chi connectivity index (χ1v) is 7.76. The van der Waals surface area contributed by atoms with Crippen LogP contribution in [0.15, 0.2) is 18.2 Å². The van der Waals surface area contributed by atoms with Crippen molar-refractivity contribution in [2.45, 2.75) is 20.3 Å². The molecule has 1 fully saturated rings. The number of nitro benzene ring substituents is 1. The van der Waals surface area contributed by atoms with Gasteiger partial charge in [0, 0.05) is 30.9 Å². The molecule has 130 valence electrons. The summed E-state index contributed by atoms with van der Waals surface area (Å²) in [6, 6.07) is 3.52. The van der Waals surface area contributed by atoms with Crippen LogP contribution in [-0.4, -0.2) is 41.4 Å². The van der Waals surface area contributed by atoms with Crippen molar-refractivity contribution in [2.75, 3.05) is 25.4 Å². The van der Waals surface area contributed by atoms with Gasteiger partial charge in [0.15, 0.2) is 6.61 Å². The van der Waals surface area contributed by atoms with E-state index in [2.05, 4.69) is 13.8 Å². The van der Waals surface area contributed by atoms with Gasteiger partial charge in [-0.05, 0) is 24.3 Å². The molecule has 1 saturated heterocycles. The van der Waals surface area contributed by atoms with Crippen molar-refractivity contribution >= 4 is 23.3 Å². The zero-order chi connectivity index (χ0) is 17.9. The number of nitrogens with two attached hydrogens (primary N) is 1. The third-order valence-electron chi connectivity index (χ3n) is 4.02. The molecule has 1 amide bonds. The second-order valence-electron chi connectivity index (χ2n) is 6.35. The molecule has 0 radical (unpaired) electrons. The van der Waals surface area contributed by atoms with Gasteiger partial charge >= 0.3 is 5.97 Å². The Kier molecular flexibility index (Phi) is 5.38. The third kappa shape index (κ3) is 4.21. The number of anilines is 1. The number of nitrogen functional groups attached to an aromatic ring is 1. The minimum Gasteiger partial charge on any atom is -0.452 e. The van der Waals surface area contributed by atoms with Gasteiger partial charge in [-0.1, -0.05) is 13.8 Å². The highest BCUT2D eigenvalue weighted by atomic mass is 16.6. The van der Waals surface area contributed by atoms with Crippen molar-refractivity contribution in [2.24, 2.45) is 11.8 Å². The van der Waals surface area contributed by atoms with Gasteiger partial charge in [-0.3, -0.25) is 14.9 Å². The molecule has 2 N–H and O–H groups in total. The summed E-state index contributed by atoms with van der Waals surface area (Å²) in [5, 5.41) is 10.8. The summed E-state index contributed by atoms with van der Waals surface area (Å²) in [5.74, 6) is -0.310. The average molecular weight is 335 g/mol. The number of piperidine rings is 1. The number of likely N-dealkylation sites (tertiary alicyclic amines) is 1. The lowest BCUT2D eigenvalue weighted by molar-refractivity contribution is -0.384. The van der Waals surface area contributed by atoms with E-state index >= 15 is 0 Å². The molecule has 2 rings (SSSR count). The van der Waals surface area contributed by atoms with E-state index < -0.39 is 17.5 Å². The largest absolute Gasteiger partial charge is 0.452 e. The fourth-order valence-electron chi connectivity index (χ4n) is 3.00. The molecular formula is C16H21N3O5. The van der Waals surface area contributed by atoms with Crippen molar-refractivity contribution < 1.29 is 19.2 Å². The molecule has 0 aromatic heterocycles. The molecule has 0 bridgehead atoms. The highest BCUT2D eigenvalue weighted by molar-refractivity contribution is 5.97. The first-order valence-electron chi connectivity index (χ1n) is 7.76. The Balaban J connectivity index is 1.99. The van der Waals surface area contributed by atoms with Crippen LogP contribution in [-0.2, 0) is 9.53 Å². The number of carbonyl (C=O) groups excluding carboxylic acids is 2. The number of nitro groups is 1. The first kappa shape index (κ1) is 17.7. The smallest absolute Gasteiger partial charge is 0.341 e. The predicted molar refractivity (Wildman–Crippen MR) is 87.3 cm³/mol. The second kappa shape index (κ2) is 7.29. The minimum atomic E-state index is -0.845. The van der Waals surface area contributed by atoms with Crippen LogP contribution >= 0.6 is 0 Å². The summed E-state index contributed by atoms with van der Waals surface area (Å²) in [4.78, 5) is 36.1. The molecule has 1 aromatic carbocycles. The Morgan fingerprint density at radius 1 is 1.33 bits per heavy atom. The standard InChI is InChI=1S/C16H21N3O5/c1-10-5-11(2)8-18(7-10)15(20)9-24-16(21)13-6-12(19(22)23)3-4-14(13)17/h3-4,6,10-11H,5,7-9,17H2,1-2H3/t10-,11-/m1/s1. The summed E-state index contributed by atoms with van der Waals surface area (Å²) < 4.78 is 5.00. The lowest BCUT2D eigenvalue weighted by Crippen LogP contribution is -2.44. The van der Waals surface area contributed by atoms with Crippen LogP contribution < -0.4 is 5.73 Å². The molecule has 1 aromatic rings. The van der Waals surface area contributed by atoms with Crippen LogP contribution in [0.3, 0.4) is 0 Å². The molecule has 1 heterocycles. The fourth-order valence-corrected chi connectivity index (χ4v) is 3.00. The van der Waals surface area contributed by atoms with E-state index in [4.69, 9.17) is 10.5 Å². The first-order chi connectivity index (χ1) is 11.3. The number of hydrogen-bond donors (Lipinski definition) is 1. The van der Waals surface area contributed by atoms with Crippen LogP contribution in [0.1, 0.15) is 30.6 Å².